The largest absolute Gasteiger partial charge is 0.423 e. The van der Waals surface area contributed by atoms with Gasteiger partial charge >= 0.3 is 0 Å². The SMILES string of the molecule is C[C@@H]1CCN(c2nc3cc(Cl)ccc3o2)CCN1.C[C@@H]1CCN(c2nc3cc(Cl)ccc3o2)CCN1Cc1ccccc1. The van der Waals surface area contributed by atoms with Crippen LogP contribution in [0.1, 0.15) is 32.3 Å². The second-order valence-electron chi connectivity index (χ2n) is 11.4. The van der Waals surface area contributed by atoms with Gasteiger partial charge in [0, 0.05) is 67.9 Å². The molecule has 0 amide bonds. The van der Waals surface area contributed by atoms with Crippen molar-refractivity contribution in [1.82, 2.24) is 20.2 Å². The van der Waals surface area contributed by atoms with E-state index < -0.39 is 0 Å². The lowest BCUT2D eigenvalue weighted by Gasteiger charge is -2.26. The van der Waals surface area contributed by atoms with E-state index in [4.69, 9.17) is 32.0 Å². The first-order chi connectivity index (χ1) is 20.9. The summed E-state index contributed by atoms with van der Waals surface area (Å²) < 4.78 is 11.7. The second kappa shape index (κ2) is 13.6. The highest BCUT2D eigenvalue weighted by molar-refractivity contribution is 6.31. The maximum atomic E-state index is 6.05. The van der Waals surface area contributed by atoms with Gasteiger partial charge in [0.1, 0.15) is 11.0 Å². The molecule has 2 saturated heterocycles. The fourth-order valence-electron chi connectivity index (χ4n) is 5.60. The van der Waals surface area contributed by atoms with Gasteiger partial charge in [-0.1, -0.05) is 53.5 Å². The zero-order valence-electron chi connectivity index (χ0n) is 24.7. The third-order valence-electron chi connectivity index (χ3n) is 8.25. The molecule has 2 fully saturated rings. The zero-order valence-corrected chi connectivity index (χ0v) is 26.2. The number of oxazole rings is 2. The Morgan fingerprint density at radius 3 is 2.00 bits per heavy atom. The van der Waals surface area contributed by atoms with E-state index in [1.807, 2.05) is 36.4 Å². The molecule has 0 saturated carbocycles. The van der Waals surface area contributed by atoms with Crippen molar-refractivity contribution in [2.75, 3.05) is 49.1 Å². The number of halogens is 2. The molecule has 0 spiro atoms. The van der Waals surface area contributed by atoms with Crippen LogP contribution in [0.15, 0.2) is 75.6 Å². The minimum Gasteiger partial charge on any atom is -0.423 e. The number of anilines is 2. The number of nitrogens with zero attached hydrogens (tertiary/aromatic N) is 5. The quantitative estimate of drug-likeness (QED) is 0.225. The second-order valence-corrected chi connectivity index (χ2v) is 12.3. The maximum absolute atomic E-state index is 6.05. The van der Waals surface area contributed by atoms with Crippen molar-refractivity contribution < 1.29 is 8.83 Å². The average molecular weight is 622 g/mol. The van der Waals surface area contributed by atoms with Crippen molar-refractivity contribution in [2.45, 2.75) is 45.3 Å². The molecule has 2 aliphatic rings. The summed E-state index contributed by atoms with van der Waals surface area (Å²) in [5, 5.41) is 4.83. The Balaban J connectivity index is 0.000000162. The van der Waals surface area contributed by atoms with Crippen LogP contribution < -0.4 is 15.1 Å². The molecule has 43 heavy (non-hydrogen) atoms. The van der Waals surface area contributed by atoms with E-state index in [1.165, 1.54) is 5.56 Å². The Bertz CT molecular complexity index is 1640. The number of hydrogen-bond donors (Lipinski definition) is 1. The smallest absolute Gasteiger partial charge is 0.298 e. The number of aromatic nitrogens is 2. The molecule has 7 rings (SSSR count). The molecule has 5 aromatic rings. The van der Waals surface area contributed by atoms with Crippen molar-refractivity contribution in [2.24, 2.45) is 0 Å². The average Bonchev–Trinajstić information content (AvgIpc) is 3.49. The fourth-order valence-corrected chi connectivity index (χ4v) is 5.93. The van der Waals surface area contributed by atoms with Crippen LogP contribution in [0.5, 0.6) is 0 Å². The Labute approximate surface area is 262 Å². The first kappa shape index (κ1) is 29.8. The molecule has 0 aliphatic carbocycles. The van der Waals surface area contributed by atoms with E-state index in [2.05, 4.69) is 74.2 Å². The van der Waals surface area contributed by atoms with Crippen molar-refractivity contribution in [3.05, 3.63) is 82.3 Å². The predicted octanol–water partition coefficient (Wildman–Crippen LogP) is 7.25. The van der Waals surface area contributed by atoms with Crippen molar-refractivity contribution in [3.8, 4) is 0 Å². The molecule has 10 heteroatoms. The highest BCUT2D eigenvalue weighted by atomic mass is 35.5. The lowest BCUT2D eigenvalue weighted by atomic mass is 10.1. The molecular weight excluding hydrogens is 583 g/mol. The van der Waals surface area contributed by atoms with Crippen molar-refractivity contribution in [1.29, 1.82) is 0 Å². The Hall–Kier alpha value is -3.30. The number of nitrogens with one attached hydrogen (secondary N) is 1. The number of fused-ring (bicyclic) bond motifs is 2. The van der Waals surface area contributed by atoms with E-state index >= 15 is 0 Å². The lowest BCUT2D eigenvalue weighted by molar-refractivity contribution is 0.211. The van der Waals surface area contributed by atoms with E-state index in [1.54, 1.807) is 0 Å². The minimum absolute atomic E-state index is 0.532. The molecule has 0 unspecified atom stereocenters. The highest BCUT2D eigenvalue weighted by Crippen LogP contribution is 2.27. The summed E-state index contributed by atoms with van der Waals surface area (Å²) in [5.74, 6) is 0. The summed E-state index contributed by atoms with van der Waals surface area (Å²) >= 11 is 12.0. The van der Waals surface area contributed by atoms with Crippen LogP contribution in [0.4, 0.5) is 12.0 Å². The number of rotatable bonds is 4. The van der Waals surface area contributed by atoms with Gasteiger partial charge in [0.25, 0.3) is 12.0 Å². The molecule has 2 atom stereocenters. The summed E-state index contributed by atoms with van der Waals surface area (Å²) in [7, 11) is 0. The monoisotopic (exact) mass is 620 g/mol. The first-order valence-corrected chi connectivity index (χ1v) is 15.8. The molecule has 0 bridgehead atoms. The first-order valence-electron chi connectivity index (χ1n) is 15.0. The van der Waals surface area contributed by atoms with Crippen LogP contribution in [0.25, 0.3) is 22.2 Å². The molecule has 1 N–H and O–H groups in total. The third kappa shape index (κ3) is 7.44. The lowest BCUT2D eigenvalue weighted by Crippen LogP contribution is -2.34. The molecule has 4 heterocycles. The van der Waals surface area contributed by atoms with E-state index in [9.17, 15) is 0 Å². The topological polar surface area (TPSA) is 73.8 Å². The maximum Gasteiger partial charge on any atom is 0.298 e. The summed E-state index contributed by atoms with van der Waals surface area (Å²) in [6.07, 6.45) is 2.19. The Morgan fingerprint density at radius 1 is 0.744 bits per heavy atom. The standard InChI is InChI=1S/C20H22ClN3O.C13H16ClN3O/c1-15-9-10-23(11-12-24(15)14-16-5-3-2-4-6-16)20-22-18-13-17(21)7-8-19(18)25-20;1-9-4-6-17(7-5-15-9)13-16-11-8-10(14)2-3-12(11)18-13/h2-8,13,15H,9-12,14H2,1H3;2-3,8-9,15H,4-7H2,1H3/t15-;9-/m11/s1. The van der Waals surface area contributed by atoms with E-state index in [0.29, 0.717) is 34.2 Å². The van der Waals surface area contributed by atoms with Crippen LogP contribution in [0.3, 0.4) is 0 Å². The fraction of sp³-hybridized carbons (Fsp3) is 0.394. The number of benzene rings is 3. The van der Waals surface area contributed by atoms with Gasteiger partial charge in [-0.05, 0) is 68.7 Å². The number of hydrogen-bond acceptors (Lipinski definition) is 8. The van der Waals surface area contributed by atoms with Gasteiger partial charge in [-0.25, -0.2) is 0 Å². The minimum atomic E-state index is 0.532. The summed E-state index contributed by atoms with van der Waals surface area (Å²) in [6, 6.07) is 24.2. The summed E-state index contributed by atoms with van der Waals surface area (Å²) in [5.41, 5.74) is 4.58. The third-order valence-corrected chi connectivity index (χ3v) is 8.72. The van der Waals surface area contributed by atoms with Gasteiger partial charge in [0.2, 0.25) is 0 Å². The highest BCUT2D eigenvalue weighted by Gasteiger charge is 2.24. The molecule has 0 radical (unpaired) electrons. The molecule has 2 aromatic heterocycles. The van der Waals surface area contributed by atoms with Crippen LogP contribution in [0, 0.1) is 0 Å². The van der Waals surface area contributed by atoms with Gasteiger partial charge in [0.05, 0.1) is 0 Å². The van der Waals surface area contributed by atoms with Crippen molar-refractivity contribution >= 4 is 57.4 Å². The van der Waals surface area contributed by atoms with E-state index in [0.717, 1.165) is 80.9 Å². The molecule has 2 aliphatic heterocycles. The summed E-state index contributed by atoms with van der Waals surface area (Å²) in [6.45, 7) is 11.2. The van der Waals surface area contributed by atoms with Gasteiger partial charge in [0.15, 0.2) is 11.2 Å². The molecule has 8 nitrogen and oxygen atoms in total. The van der Waals surface area contributed by atoms with Crippen molar-refractivity contribution in [3.63, 3.8) is 0 Å². The zero-order chi connectivity index (χ0) is 29.8. The Morgan fingerprint density at radius 2 is 1.35 bits per heavy atom. The van der Waals surface area contributed by atoms with Gasteiger partial charge in [-0.2, -0.15) is 9.97 Å². The van der Waals surface area contributed by atoms with Gasteiger partial charge in [-0.3, -0.25) is 4.90 Å². The van der Waals surface area contributed by atoms with Crippen LogP contribution >= 0.6 is 23.2 Å². The van der Waals surface area contributed by atoms with Gasteiger partial charge in [-0.15, -0.1) is 0 Å². The van der Waals surface area contributed by atoms with Crippen LogP contribution in [-0.4, -0.2) is 66.2 Å². The van der Waals surface area contributed by atoms with Gasteiger partial charge < -0.3 is 24.0 Å². The molecule has 3 aromatic carbocycles. The van der Waals surface area contributed by atoms with Crippen LogP contribution in [-0.2, 0) is 6.54 Å². The normalized spacial score (nSPS) is 20.1. The predicted molar refractivity (Wildman–Crippen MR) is 175 cm³/mol. The van der Waals surface area contributed by atoms with E-state index in [-0.39, 0.29) is 0 Å². The molecular formula is C33H38Cl2N6O2. The molecule has 226 valence electrons. The Kier molecular flexibility index (Phi) is 9.38. The van der Waals surface area contributed by atoms with Crippen LogP contribution in [0.2, 0.25) is 10.0 Å². The summed E-state index contributed by atoms with van der Waals surface area (Å²) in [4.78, 5) is 16.1.